The van der Waals surface area contributed by atoms with Gasteiger partial charge < -0.3 is 24.2 Å². The molecule has 36 heavy (non-hydrogen) atoms. The minimum atomic E-state index is -0.477. The molecule has 1 amide bonds. The zero-order chi connectivity index (χ0) is 25.5. The third-order valence-electron chi connectivity index (χ3n) is 5.88. The average Bonchev–Trinajstić information content (AvgIpc) is 3.35. The minimum Gasteiger partial charge on any atom is -0.489 e. The van der Waals surface area contributed by atoms with E-state index in [0.717, 1.165) is 35.4 Å². The molecule has 2 aromatic carbocycles. The quantitative estimate of drug-likeness (QED) is 0.483. The normalized spacial score (nSPS) is 14.3. The number of aromatic nitrogens is 1. The van der Waals surface area contributed by atoms with Crippen LogP contribution in [0.2, 0.25) is 0 Å². The molecule has 1 fully saturated rings. The van der Waals surface area contributed by atoms with Gasteiger partial charge in [-0.15, -0.1) is 0 Å². The first-order valence-corrected chi connectivity index (χ1v) is 12.2. The predicted octanol–water partition coefficient (Wildman–Crippen LogP) is 5.28. The van der Waals surface area contributed by atoms with Crippen LogP contribution in [0, 0.1) is 11.3 Å². The lowest BCUT2D eigenvalue weighted by Gasteiger charge is -2.33. The van der Waals surface area contributed by atoms with Crippen LogP contribution in [-0.2, 0) is 17.9 Å². The van der Waals surface area contributed by atoms with Crippen molar-refractivity contribution < 1.29 is 18.8 Å². The molecular formula is C28H32N4O4. The van der Waals surface area contributed by atoms with Crippen molar-refractivity contribution in [1.29, 1.82) is 5.26 Å². The molecule has 3 aromatic rings. The summed E-state index contributed by atoms with van der Waals surface area (Å²) in [6.45, 7) is 7.99. The second kappa shape index (κ2) is 11.3. The van der Waals surface area contributed by atoms with Crippen molar-refractivity contribution in [1.82, 2.24) is 15.4 Å². The van der Waals surface area contributed by atoms with Crippen molar-refractivity contribution in [3.8, 4) is 23.1 Å². The van der Waals surface area contributed by atoms with Gasteiger partial charge in [-0.3, -0.25) is 0 Å². The smallest absolute Gasteiger partial charge is 0.410 e. The molecule has 0 saturated carbocycles. The van der Waals surface area contributed by atoms with Crippen LogP contribution >= 0.6 is 0 Å². The number of rotatable bonds is 7. The number of likely N-dealkylation sites (tertiary alicyclic amines) is 1. The fourth-order valence-corrected chi connectivity index (χ4v) is 3.99. The number of nitrogens with zero attached hydrogens (tertiary/aromatic N) is 3. The van der Waals surface area contributed by atoms with Crippen LogP contribution in [0.3, 0.4) is 0 Å². The molecule has 0 spiro atoms. The van der Waals surface area contributed by atoms with Crippen LogP contribution in [0.1, 0.15) is 50.4 Å². The highest BCUT2D eigenvalue weighted by atomic mass is 16.6. The molecule has 8 nitrogen and oxygen atoms in total. The Balaban J connectivity index is 1.23. The van der Waals surface area contributed by atoms with Gasteiger partial charge in [-0.25, -0.2) is 4.79 Å². The van der Waals surface area contributed by atoms with Crippen molar-refractivity contribution in [3.63, 3.8) is 0 Å². The van der Waals surface area contributed by atoms with Gasteiger partial charge in [-0.1, -0.05) is 17.3 Å². The number of nitriles is 1. The molecule has 1 N–H and O–H groups in total. The maximum absolute atomic E-state index is 12.2. The molecule has 0 aliphatic carbocycles. The van der Waals surface area contributed by atoms with Crippen molar-refractivity contribution in [2.75, 3.05) is 13.1 Å². The van der Waals surface area contributed by atoms with Crippen LogP contribution in [0.15, 0.2) is 59.1 Å². The summed E-state index contributed by atoms with van der Waals surface area (Å²) in [6.07, 6.45) is 1.49. The highest BCUT2D eigenvalue weighted by Crippen LogP contribution is 2.24. The summed E-state index contributed by atoms with van der Waals surface area (Å²) < 4.78 is 16.9. The number of ether oxygens (including phenoxy) is 2. The first-order valence-electron chi connectivity index (χ1n) is 12.2. The maximum Gasteiger partial charge on any atom is 0.410 e. The third kappa shape index (κ3) is 7.09. The predicted molar refractivity (Wildman–Crippen MR) is 135 cm³/mol. The fourth-order valence-electron chi connectivity index (χ4n) is 3.99. The van der Waals surface area contributed by atoms with E-state index < -0.39 is 5.60 Å². The monoisotopic (exact) mass is 488 g/mol. The second-order valence-electron chi connectivity index (χ2n) is 9.93. The van der Waals surface area contributed by atoms with E-state index in [1.54, 1.807) is 11.0 Å². The molecule has 0 bridgehead atoms. The molecule has 1 saturated heterocycles. The summed E-state index contributed by atoms with van der Waals surface area (Å²) >= 11 is 0. The summed E-state index contributed by atoms with van der Waals surface area (Å²) in [5, 5.41) is 16.7. The standard InChI is InChI=1S/C28H32N4O4/c1-28(2,3)35-27(33)32-13-11-23(12-14-32)30-18-24-16-26(36-31-24)22-7-9-25(10-8-22)34-19-21-6-4-5-20(15-21)17-29/h4-10,15-16,23,30H,11-14,18-19H2,1-3H3. The molecule has 4 rings (SSSR count). The van der Waals surface area contributed by atoms with Crippen LogP contribution < -0.4 is 10.1 Å². The molecule has 188 valence electrons. The van der Waals surface area contributed by atoms with E-state index >= 15 is 0 Å². The fraction of sp³-hybridized carbons (Fsp3) is 0.393. The van der Waals surface area contributed by atoms with Crippen molar-refractivity contribution in [2.45, 2.75) is 58.4 Å². The van der Waals surface area contributed by atoms with E-state index in [0.29, 0.717) is 43.6 Å². The summed E-state index contributed by atoms with van der Waals surface area (Å²) in [4.78, 5) is 14.0. The van der Waals surface area contributed by atoms with Gasteiger partial charge in [-0.2, -0.15) is 5.26 Å². The van der Waals surface area contributed by atoms with E-state index in [4.69, 9.17) is 19.3 Å². The highest BCUT2D eigenvalue weighted by molar-refractivity contribution is 5.68. The van der Waals surface area contributed by atoms with E-state index in [2.05, 4.69) is 16.5 Å². The maximum atomic E-state index is 12.2. The van der Waals surface area contributed by atoms with Crippen LogP contribution in [0.25, 0.3) is 11.3 Å². The lowest BCUT2D eigenvalue weighted by molar-refractivity contribution is 0.0198. The minimum absolute atomic E-state index is 0.244. The SMILES string of the molecule is CC(C)(C)OC(=O)N1CCC(NCc2cc(-c3ccc(OCc4cccc(C#N)c4)cc3)on2)CC1. The second-order valence-corrected chi connectivity index (χ2v) is 9.93. The summed E-state index contributed by atoms with van der Waals surface area (Å²) in [6, 6.07) is 19.4. The lowest BCUT2D eigenvalue weighted by Crippen LogP contribution is -2.46. The van der Waals surface area contributed by atoms with Gasteiger partial charge in [0.2, 0.25) is 0 Å². The topological polar surface area (TPSA) is 101 Å². The van der Waals surface area contributed by atoms with Crippen LogP contribution in [0.4, 0.5) is 4.79 Å². The Kier molecular flexibility index (Phi) is 7.91. The summed E-state index contributed by atoms with van der Waals surface area (Å²) in [7, 11) is 0. The highest BCUT2D eigenvalue weighted by Gasteiger charge is 2.26. The number of carbonyl (C=O) groups excluding carboxylic acids is 1. The molecule has 1 aliphatic rings. The molecule has 0 radical (unpaired) electrons. The zero-order valence-corrected chi connectivity index (χ0v) is 21.0. The molecule has 1 aliphatic heterocycles. The van der Waals surface area contributed by atoms with E-state index in [1.807, 2.05) is 69.3 Å². The molecule has 2 heterocycles. The number of nitrogens with one attached hydrogen (secondary N) is 1. The number of carbonyl (C=O) groups is 1. The van der Waals surface area contributed by atoms with Gasteiger partial charge in [-0.05, 0) is 75.6 Å². The first-order chi connectivity index (χ1) is 17.3. The van der Waals surface area contributed by atoms with Crippen molar-refractivity contribution in [3.05, 3.63) is 71.4 Å². The Hall–Kier alpha value is -3.83. The Morgan fingerprint density at radius 3 is 2.61 bits per heavy atom. The number of amides is 1. The molecule has 1 aromatic heterocycles. The van der Waals surface area contributed by atoms with Crippen LogP contribution in [-0.4, -0.2) is 40.9 Å². The van der Waals surface area contributed by atoms with Gasteiger partial charge >= 0.3 is 6.09 Å². The van der Waals surface area contributed by atoms with E-state index in [-0.39, 0.29) is 6.09 Å². The number of hydrogen-bond acceptors (Lipinski definition) is 7. The van der Waals surface area contributed by atoms with Gasteiger partial charge in [0.15, 0.2) is 5.76 Å². The van der Waals surface area contributed by atoms with Crippen molar-refractivity contribution >= 4 is 6.09 Å². The van der Waals surface area contributed by atoms with E-state index in [1.165, 1.54) is 0 Å². The Morgan fingerprint density at radius 1 is 1.17 bits per heavy atom. The Labute approximate surface area is 211 Å². The van der Waals surface area contributed by atoms with Crippen LogP contribution in [0.5, 0.6) is 5.75 Å². The molecule has 0 atom stereocenters. The number of hydrogen-bond donors (Lipinski definition) is 1. The number of benzene rings is 2. The lowest BCUT2D eigenvalue weighted by atomic mass is 10.1. The van der Waals surface area contributed by atoms with Gasteiger partial charge in [0.05, 0.1) is 17.3 Å². The Morgan fingerprint density at radius 2 is 1.92 bits per heavy atom. The van der Waals surface area contributed by atoms with Gasteiger partial charge in [0, 0.05) is 37.3 Å². The average molecular weight is 489 g/mol. The van der Waals surface area contributed by atoms with E-state index in [9.17, 15) is 4.79 Å². The van der Waals surface area contributed by atoms with Gasteiger partial charge in [0.1, 0.15) is 18.0 Å². The zero-order valence-electron chi connectivity index (χ0n) is 21.0. The van der Waals surface area contributed by atoms with Crippen molar-refractivity contribution in [2.24, 2.45) is 0 Å². The molecule has 8 heteroatoms. The molecular weight excluding hydrogens is 456 g/mol. The summed E-state index contributed by atoms with van der Waals surface area (Å²) in [5.74, 6) is 1.43. The Bertz CT molecular complexity index is 1200. The largest absolute Gasteiger partial charge is 0.489 e. The third-order valence-corrected chi connectivity index (χ3v) is 5.88. The number of piperidine rings is 1. The first kappa shape index (κ1) is 25.3. The van der Waals surface area contributed by atoms with Gasteiger partial charge in [0.25, 0.3) is 0 Å². The molecule has 0 unspecified atom stereocenters. The summed E-state index contributed by atoms with van der Waals surface area (Å²) in [5.41, 5.74) is 2.83.